The van der Waals surface area contributed by atoms with Crippen molar-refractivity contribution in [3.63, 3.8) is 0 Å². The van der Waals surface area contributed by atoms with Gasteiger partial charge in [-0.15, -0.1) is 10.2 Å². The Morgan fingerprint density at radius 2 is 1.92 bits per heavy atom. The largest absolute Gasteiger partial charge is 0.354 e. The number of fused-ring (bicyclic) bond motifs is 3. The van der Waals surface area contributed by atoms with Gasteiger partial charge in [-0.05, 0) is 18.1 Å². The summed E-state index contributed by atoms with van der Waals surface area (Å²) < 4.78 is 2.87. The number of nitrogens with zero attached hydrogens (tertiary/aromatic N) is 5. The van der Waals surface area contributed by atoms with Gasteiger partial charge < -0.3 is 9.88 Å². The van der Waals surface area contributed by atoms with Gasteiger partial charge in [-0.1, -0.05) is 30.3 Å². The molecule has 0 aliphatic heterocycles. The Bertz CT molecular complexity index is 1130. The van der Waals surface area contributed by atoms with E-state index in [1.807, 2.05) is 30.3 Å². The van der Waals surface area contributed by atoms with Crippen molar-refractivity contribution < 1.29 is 4.79 Å². The van der Waals surface area contributed by atoms with Gasteiger partial charge >= 0.3 is 0 Å². The molecule has 1 aromatic carbocycles. The number of hydrogen-bond acceptors (Lipinski definition) is 5. The zero-order valence-electron chi connectivity index (χ0n) is 13.9. The van der Waals surface area contributed by atoms with Crippen LogP contribution in [0.25, 0.3) is 16.7 Å². The van der Waals surface area contributed by atoms with Crippen molar-refractivity contribution in [1.82, 2.24) is 29.7 Å². The first kappa shape index (κ1) is 15.9. The van der Waals surface area contributed by atoms with E-state index >= 15 is 0 Å². The third-order valence-electron chi connectivity index (χ3n) is 4.11. The fourth-order valence-electron chi connectivity index (χ4n) is 2.80. The van der Waals surface area contributed by atoms with E-state index < -0.39 is 0 Å². The van der Waals surface area contributed by atoms with Gasteiger partial charge in [0.05, 0.1) is 6.20 Å². The van der Waals surface area contributed by atoms with E-state index in [1.54, 1.807) is 29.0 Å². The van der Waals surface area contributed by atoms with Crippen LogP contribution in [0.15, 0.2) is 59.7 Å². The summed E-state index contributed by atoms with van der Waals surface area (Å²) in [6.07, 6.45) is 3.90. The molecule has 0 atom stereocenters. The molecule has 1 N–H and O–H groups in total. The predicted molar refractivity (Wildman–Crippen MR) is 95.7 cm³/mol. The first-order valence-corrected chi connectivity index (χ1v) is 8.22. The number of carbonyl (C=O) groups excluding carboxylic acids is 1. The van der Waals surface area contributed by atoms with Gasteiger partial charge in [0, 0.05) is 18.8 Å². The zero-order chi connectivity index (χ0) is 17.9. The van der Waals surface area contributed by atoms with Crippen molar-refractivity contribution in [2.45, 2.75) is 13.0 Å². The second-order valence-electron chi connectivity index (χ2n) is 5.87. The van der Waals surface area contributed by atoms with E-state index in [9.17, 15) is 9.59 Å². The van der Waals surface area contributed by atoms with Crippen LogP contribution in [0, 0.1) is 0 Å². The van der Waals surface area contributed by atoms with Crippen molar-refractivity contribution in [3.05, 3.63) is 70.8 Å². The quantitative estimate of drug-likeness (QED) is 0.576. The van der Waals surface area contributed by atoms with Crippen LogP contribution < -0.4 is 10.9 Å². The van der Waals surface area contributed by atoms with Gasteiger partial charge in [0.25, 0.3) is 5.56 Å². The van der Waals surface area contributed by atoms with Gasteiger partial charge in [0.15, 0.2) is 11.2 Å². The molecule has 3 heterocycles. The number of benzene rings is 1. The summed E-state index contributed by atoms with van der Waals surface area (Å²) in [4.78, 5) is 24.7. The Hall–Kier alpha value is -3.55. The minimum Gasteiger partial charge on any atom is -0.354 e. The molecule has 0 saturated heterocycles. The fraction of sp³-hybridized carbons (Fsp3) is 0.167. The summed E-state index contributed by atoms with van der Waals surface area (Å²) >= 11 is 0. The lowest BCUT2D eigenvalue weighted by Gasteiger charge is -2.08. The summed E-state index contributed by atoms with van der Waals surface area (Å²) in [6.45, 7) is 0.446. The second-order valence-corrected chi connectivity index (χ2v) is 5.87. The van der Waals surface area contributed by atoms with Crippen molar-refractivity contribution in [3.8, 4) is 0 Å². The van der Waals surface area contributed by atoms with Crippen LogP contribution in [0.2, 0.25) is 0 Å². The SMILES string of the molecule is O=C(Cn1ccc2c(nnc3ccnn32)c1=O)NCCc1ccccc1. The molecule has 4 aromatic rings. The number of amides is 1. The highest BCUT2D eigenvalue weighted by Crippen LogP contribution is 2.07. The monoisotopic (exact) mass is 348 g/mol. The maximum Gasteiger partial charge on any atom is 0.281 e. The highest BCUT2D eigenvalue weighted by Gasteiger charge is 2.11. The van der Waals surface area contributed by atoms with E-state index in [1.165, 1.54) is 4.57 Å². The highest BCUT2D eigenvalue weighted by molar-refractivity contribution is 5.77. The van der Waals surface area contributed by atoms with Crippen LogP contribution in [-0.2, 0) is 17.8 Å². The average molecular weight is 348 g/mol. The van der Waals surface area contributed by atoms with Crippen LogP contribution >= 0.6 is 0 Å². The number of aromatic nitrogens is 5. The highest BCUT2D eigenvalue weighted by atomic mass is 16.2. The molecule has 130 valence electrons. The summed E-state index contributed by atoms with van der Waals surface area (Å²) in [5, 5.41) is 14.9. The van der Waals surface area contributed by atoms with Gasteiger partial charge in [0.2, 0.25) is 5.91 Å². The molecule has 8 nitrogen and oxygen atoms in total. The number of rotatable bonds is 5. The summed E-state index contributed by atoms with van der Waals surface area (Å²) in [7, 11) is 0. The first-order valence-electron chi connectivity index (χ1n) is 8.22. The molecule has 4 rings (SSSR count). The Kier molecular flexibility index (Phi) is 4.14. The summed E-state index contributed by atoms with van der Waals surface area (Å²) in [6, 6.07) is 13.3. The van der Waals surface area contributed by atoms with Gasteiger partial charge in [0.1, 0.15) is 12.1 Å². The molecular formula is C18H16N6O2. The van der Waals surface area contributed by atoms with Crippen LogP contribution in [0.4, 0.5) is 0 Å². The molecule has 0 fully saturated rings. The van der Waals surface area contributed by atoms with E-state index in [4.69, 9.17) is 0 Å². The third kappa shape index (κ3) is 3.04. The summed E-state index contributed by atoms with van der Waals surface area (Å²) in [5.41, 5.74) is 2.08. The van der Waals surface area contributed by atoms with Gasteiger partial charge in [-0.2, -0.15) is 5.10 Å². The lowest BCUT2D eigenvalue weighted by molar-refractivity contribution is -0.121. The smallest absolute Gasteiger partial charge is 0.281 e. The molecule has 26 heavy (non-hydrogen) atoms. The minimum absolute atomic E-state index is 0.0671. The third-order valence-corrected chi connectivity index (χ3v) is 4.11. The van der Waals surface area contributed by atoms with Crippen molar-refractivity contribution in [2.75, 3.05) is 6.54 Å². The van der Waals surface area contributed by atoms with Crippen LogP contribution in [0.5, 0.6) is 0 Å². The number of carbonyl (C=O) groups is 1. The Morgan fingerprint density at radius 1 is 1.08 bits per heavy atom. The number of hydrogen-bond donors (Lipinski definition) is 1. The average Bonchev–Trinajstić information content (AvgIpc) is 3.14. The molecule has 0 aliphatic carbocycles. The maximum absolute atomic E-state index is 12.6. The van der Waals surface area contributed by atoms with Crippen molar-refractivity contribution >= 4 is 22.6 Å². The molecular weight excluding hydrogens is 332 g/mol. The van der Waals surface area contributed by atoms with E-state index in [0.717, 1.165) is 12.0 Å². The zero-order valence-corrected chi connectivity index (χ0v) is 13.9. The first-order chi connectivity index (χ1) is 12.7. The van der Waals surface area contributed by atoms with Gasteiger partial charge in [-0.3, -0.25) is 9.59 Å². The van der Waals surface area contributed by atoms with Gasteiger partial charge in [-0.25, -0.2) is 4.52 Å². The molecule has 3 aromatic heterocycles. The topological polar surface area (TPSA) is 94.2 Å². The molecule has 0 saturated carbocycles. The normalized spacial score (nSPS) is 11.1. The van der Waals surface area contributed by atoms with Crippen LogP contribution in [0.3, 0.4) is 0 Å². The van der Waals surface area contributed by atoms with E-state index in [-0.39, 0.29) is 23.5 Å². The second kappa shape index (κ2) is 6.75. The minimum atomic E-state index is -0.370. The molecule has 0 unspecified atom stereocenters. The molecule has 0 bridgehead atoms. The van der Waals surface area contributed by atoms with Crippen LogP contribution in [0.1, 0.15) is 5.56 Å². The molecule has 0 aliphatic rings. The summed E-state index contributed by atoms with van der Waals surface area (Å²) in [5.74, 6) is -0.226. The standard InChI is InChI=1S/C18H16N6O2/c25-16(19-9-6-13-4-2-1-3-5-13)12-23-11-8-14-17(18(23)26)22-21-15-7-10-20-24(14)15/h1-5,7-8,10-11H,6,9,12H2,(H,19,25). The van der Waals surface area contributed by atoms with E-state index in [0.29, 0.717) is 17.7 Å². The lowest BCUT2D eigenvalue weighted by atomic mass is 10.1. The van der Waals surface area contributed by atoms with E-state index in [2.05, 4.69) is 20.6 Å². The fourth-order valence-corrected chi connectivity index (χ4v) is 2.80. The van der Waals surface area contributed by atoms with Crippen molar-refractivity contribution in [2.24, 2.45) is 0 Å². The number of pyridine rings is 1. The predicted octanol–water partition coefficient (Wildman–Crippen LogP) is 0.798. The lowest BCUT2D eigenvalue weighted by Crippen LogP contribution is -2.33. The molecule has 0 spiro atoms. The van der Waals surface area contributed by atoms with Crippen LogP contribution in [-0.4, -0.2) is 36.8 Å². The molecule has 8 heteroatoms. The maximum atomic E-state index is 12.6. The number of nitrogens with one attached hydrogen (secondary N) is 1. The van der Waals surface area contributed by atoms with Crippen molar-refractivity contribution in [1.29, 1.82) is 0 Å². The Balaban J connectivity index is 1.48. The molecule has 0 radical (unpaired) electrons. The Morgan fingerprint density at radius 3 is 2.77 bits per heavy atom. The molecule has 1 amide bonds. The Labute approximate surface area is 148 Å².